The lowest BCUT2D eigenvalue weighted by atomic mass is 10.2. The fourth-order valence-corrected chi connectivity index (χ4v) is 2.46. The molecule has 28 heavy (non-hydrogen) atoms. The van der Waals surface area contributed by atoms with Gasteiger partial charge in [0.05, 0.1) is 5.69 Å². The van der Waals surface area contributed by atoms with Crippen LogP contribution in [0.1, 0.15) is 21.7 Å². The van der Waals surface area contributed by atoms with Gasteiger partial charge >= 0.3 is 0 Å². The molecule has 9 heteroatoms. The van der Waals surface area contributed by atoms with Gasteiger partial charge in [-0.25, -0.2) is 13.5 Å². The van der Waals surface area contributed by atoms with E-state index in [1.165, 1.54) is 10.7 Å². The van der Waals surface area contributed by atoms with Gasteiger partial charge in [-0.2, -0.15) is 0 Å². The van der Waals surface area contributed by atoms with E-state index in [2.05, 4.69) is 20.9 Å². The lowest BCUT2D eigenvalue weighted by molar-refractivity contribution is -0.117. The second-order valence-corrected chi connectivity index (χ2v) is 6.18. The van der Waals surface area contributed by atoms with Crippen molar-refractivity contribution in [2.45, 2.75) is 20.4 Å². The van der Waals surface area contributed by atoms with Crippen molar-refractivity contribution in [3.8, 4) is 0 Å². The SMILES string of the molecule is Cc1ccc(NC(=O)Cn2nnc(C(=O)Nc3ccc(F)c(F)c3)c2C)cc1. The van der Waals surface area contributed by atoms with Crippen LogP contribution in [0.15, 0.2) is 42.5 Å². The van der Waals surface area contributed by atoms with Gasteiger partial charge in [0.15, 0.2) is 17.3 Å². The van der Waals surface area contributed by atoms with Crippen molar-refractivity contribution in [2.24, 2.45) is 0 Å². The molecule has 3 rings (SSSR count). The summed E-state index contributed by atoms with van der Waals surface area (Å²) in [6.07, 6.45) is 0. The van der Waals surface area contributed by atoms with Crippen LogP contribution in [0.3, 0.4) is 0 Å². The molecule has 3 aromatic rings. The van der Waals surface area contributed by atoms with Crippen molar-refractivity contribution >= 4 is 23.2 Å². The Balaban J connectivity index is 1.67. The van der Waals surface area contributed by atoms with Crippen LogP contribution in [0.5, 0.6) is 0 Å². The summed E-state index contributed by atoms with van der Waals surface area (Å²) in [5.74, 6) is -3.07. The summed E-state index contributed by atoms with van der Waals surface area (Å²) in [6.45, 7) is 3.39. The van der Waals surface area contributed by atoms with Crippen LogP contribution in [-0.4, -0.2) is 26.8 Å². The van der Waals surface area contributed by atoms with E-state index in [1.807, 2.05) is 19.1 Å². The Morgan fingerprint density at radius 2 is 1.64 bits per heavy atom. The van der Waals surface area contributed by atoms with Gasteiger partial charge in [0.25, 0.3) is 5.91 Å². The largest absolute Gasteiger partial charge is 0.324 e. The van der Waals surface area contributed by atoms with E-state index < -0.39 is 17.5 Å². The van der Waals surface area contributed by atoms with Crippen LogP contribution in [0, 0.1) is 25.5 Å². The van der Waals surface area contributed by atoms with Gasteiger partial charge in [-0.3, -0.25) is 9.59 Å². The van der Waals surface area contributed by atoms with Gasteiger partial charge in [-0.1, -0.05) is 22.9 Å². The molecule has 1 heterocycles. The highest BCUT2D eigenvalue weighted by Gasteiger charge is 2.18. The monoisotopic (exact) mass is 385 g/mol. The van der Waals surface area contributed by atoms with E-state index in [4.69, 9.17) is 0 Å². The number of anilines is 2. The number of nitrogens with zero attached hydrogens (tertiary/aromatic N) is 3. The number of aryl methyl sites for hydroxylation is 1. The number of rotatable bonds is 5. The summed E-state index contributed by atoms with van der Waals surface area (Å²) in [5.41, 5.74) is 2.13. The number of aromatic nitrogens is 3. The summed E-state index contributed by atoms with van der Waals surface area (Å²) in [4.78, 5) is 24.5. The molecule has 0 saturated heterocycles. The first-order valence-corrected chi connectivity index (χ1v) is 8.36. The topological polar surface area (TPSA) is 88.9 Å². The zero-order valence-corrected chi connectivity index (χ0v) is 15.2. The summed E-state index contributed by atoms with van der Waals surface area (Å²) < 4.78 is 27.5. The molecule has 2 aromatic carbocycles. The fourth-order valence-electron chi connectivity index (χ4n) is 2.46. The third kappa shape index (κ3) is 4.37. The van der Waals surface area contributed by atoms with Crippen molar-refractivity contribution in [3.63, 3.8) is 0 Å². The molecule has 144 valence electrons. The maximum Gasteiger partial charge on any atom is 0.278 e. The van der Waals surface area contributed by atoms with E-state index in [-0.39, 0.29) is 23.8 Å². The van der Waals surface area contributed by atoms with Crippen molar-refractivity contribution in [1.82, 2.24) is 15.0 Å². The lowest BCUT2D eigenvalue weighted by Gasteiger charge is -2.07. The summed E-state index contributed by atoms with van der Waals surface area (Å²) in [7, 11) is 0. The Morgan fingerprint density at radius 3 is 2.32 bits per heavy atom. The van der Waals surface area contributed by atoms with Crippen molar-refractivity contribution in [1.29, 1.82) is 0 Å². The molecule has 1 aromatic heterocycles. The lowest BCUT2D eigenvalue weighted by Crippen LogP contribution is -2.21. The molecule has 0 spiro atoms. The van der Waals surface area contributed by atoms with Crippen molar-refractivity contribution in [2.75, 3.05) is 10.6 Å². The summed E-state index contributed by atoms with van der Waals surface area (Å²) >= 11 is 0. The average Bonchev–Trinajstić information content (AvgIpc) is 3.01. The average molecular weight is 385 g/mol. The standard InChI is InChI=1S/C19H17F2N5O2/c1-11-3-5-13(6-4-11)22-17(27)10-26-12(2)18(24-25-26)19(28)23-14-7-8-15(20)16(21)9-14/h3-9H,10H2,1-2H3,(H,22,27)(H,23,28). The molecular formula is C19H17F2N5O2. The van der Waals surface area contributed by atoms with Gasteiger partial charge in [0.2, 0.25) is 5.91 Å². The Hall–Kier alpha value is -3.62. The van der Waals surface area contributed by atoms with E-state index in [1.54, 1.807) is 19.1 Å². The quantitative estimate of drug-likeness (QED) is 0.706. The second-order valence-electron chi connectivity index (χ2n) is 6.18. The molecule has 0 saturated carbocycles. The highest BCUT2D eigenvalue weighted by Crippen LogP contribution is 2.15. The zero-order chi connectivity index (χ0) is 20.3. The molecule has 0 bridgehead atoms. The predicted octanol–water partition coefficient (Wildman–Crippen LogP) is 3.06. The Morgan fingerprint density at radius 1 is 0.964 bits per heavy atom. The molecular weight excluding hydrogens is 368 g/mol. The highest BCUT2D eigenvalue weighted by molar-refractivity contribution is 6.03. The first-order chi connectivity index (χ1) is 13.3. The van der Waals surface area contributed by atoms with E-state index >= 15 is 0 Å². The van der Waals surface area contributed by atoms with Crippen LogP contribution in [-0.2, 0) is 11.3 Å². The number of carbonyl (C=O) groups excluding carboxylic acids is 2. The minimum Gasteiger partial charge on any atom is -0.324 e. The van der Waals surface area contributed by atoms with Gasteiger partial charge < -0.3 is 10.6 Å². The molecule has 0 unspecified atom stereocenters. The number of amides is 2. The van der Waals surface area contributed by atoms with Crippen molar-refractivity contribution < 1.29 is 18.4 Å². The van der Waals surface area contributed by atoms with Crippen LogP contribution in [0.25, 0.3) is 0 Å². The number of benzene rings is 2. The fraction of sp³-hybridized carbons (Fsp3) is 0.158. The number of hydrogen-bond acceptors (Lipinski definition) is 4. The normalized spacial score (nSPS) is 10.6. The molecule has 0 fully saturated rings. The maximum atomic E-state index is 13.3. The van der Waals surface area contributed by atoms with Crippen LogP contribution in [0.4, 0.5) is 20.2 Å². The molecule has 2 N–H and O–H groups in total. The highest BCUT2D eigenvalue weighted by atomic mass is 19.2. The van der Waals surface area contributed by atoms with Gasteiger partial charge in [0.1, 0.15) is 6.54 Å². The second kappa shape index (κ2) is 7.95. The summed E-state index contributed by atoms with van der Waals surface area (Å²) in [5, 5.41) is 12.7. The molecule has 0 aliphatic rings. The number of nitrogens with one attached hydrogen (secondary N) is 2. The predicted molar refractivity (Wildman–Crippen MR) is 98.9 cm³/mol. The molecule has 0 atom stereocenters. The Bertz CT molecular complexity index is 1030. The zero-order valence-electron chi connectivity index (χ0n) is 15.2. The molecule has 0 aliphatic carbocycles. The Kier molecular flexibility index (Phi) is 5.44. The van der Waals surface area contributed by atoms with Crippen LogP contribution < -0.4 is 10.6 Å². The molecule has 0 aliphatic heterocycles. The number of hydrogen-bond donors (Lipinski definition) is 2. The van der Waals surface area contributed by atoms with Gasteiger partial charge in [-0.05, 0) is 38.1 Å². The van der Waals surface area contributed by atoms with E-state index in [0.717, 1.165) is 17.7 Å². The smallest absolute Gasteiger partial charge is 0.278 e. The molecule has 0 radical (unpaired) electrons. The molecule has 7 nitrogen and oxygen atoms in total. The Labute approximate surface area is 159 Å². The maximum absolute atomic E-state index is 13.3. The van der Waals surface area contributed by atoms with E-state index in [0.29, 0.717) is 11.4 Å². The minimum absolute atomic E-state index is 0.0205. The number of halogens is 2. The van der Waals surface area contributed by atoms with Gasteiger partial charge in [0, 0.05) is 17.4 Å². The van der Waals surface area contributed by atoms with Crippen LogP contribution in [0.2, 0.25) is 0 Å². The molecule has 2 amide bonds. The first kappa shape index (κ1) is 19.2. The number of carbonyl (C=O) groups is 2. The minimum atomic E-state index is -1.08. The third-order valence-electron chi connectivity index (χ3n) is 4.00. The van der Waals surface area contributed by atoms with Crippen molar-refractivity contribution in [3.05, 3.63) is 71.1 Å². The van der Waals surface area contributed by atoms with Gasteiger partial charge in [-0.15, -0.1) is 5.10 Å². The third-order valence-corrected chi connectivity index (χ3v) is 4.00. The van der Waals surface area contributed by atoms with Crippen LogP contribution >= 0.6 is 0 Å². The summed E-state index contributed by atoms with van der Waals surface area (Å²) in [6, 6.07) is 10.3. The first-order valence-electron chi connectivity index (χ1n) is 8.36. The van der Waals surface area contributed by atoms with E-state index in [9.17, 15) is 18.4 Å².